The highest BCUT2D eigenvalue weighted by Crippen LogP contribution is 2.20. The van der Waals surface area contributed by atoms with Gasteiger partial charge in [0.25, 0.3) is 0 Å². The Labute approximate surface area is 109 Å². The fourth-order valence-corrected chi connectivity index (χ4v) is 2.65. The Kier molecular flexibility index (Phi) is 3.31. The monoisotopic (exact) mass is 237 g/mol. The molecule has 0 N–H and O–H groups in total. The molecule has 1 heteroatoms. The van der Waals surface area contributed by atoms with Crippen LogP contribution in [0.2, 0.25) is 0 Å². The fraction of sp³-hybridized carbons (Fsp3) is 0.294. The third kappa shape index (κ3) is 2.40. The molecule has 3 rings (SSSR count). The molecule has 1 saturated heterocycles. The third-order valence-corrected chi connectivity index (χ3v) is 3.68. The molecule has 0 bridgehead atoms. The van der Waals surface area contributed by atoms with E-state index in [1.54, 1.807) is 0 Å². The predicted molar refractivity (Wildman–Crippen MR) is 78.4 cm³/mol. The van der Waals surface area contributed by atoms with Crippen LogP contribution >= 0.6 is 0 Å². The Morgan fingerprint density at radius 1 is 0.833 bits per heavy atom. The van der Waals surface area contributed by atoms with Gasteiger partial charge in [-0.2, -0.15) is 0 Å². The first-order valence-corrected chi connectivity index (χ1v) is 6.83. The van der Waals surface area contributed by atoms with Crippen LogP contribution in [0.25, 0.3) is 16.8 Å². The fourth-order valence-electron chi connectivity index (χ4n) is 2.65. The van der Waals surface area contributed by atoms with Gasteiger partial charge < -0.3 is 4.90 Å². The lowest BCUT2D eigenvalue weighted by molar-refractivity contribution is 0.311. The van der Waals surface area contributed by atoms with Crippen molar-refractivity contribution in [2.45, 2.75) is 19.3 Å². The minimum Gasteiger partial charge on any atom is -0.377 e. The standard InChI is InChI=1S/C17H19N/c1-4-12-18(13-5-1)14-11-16-9-6-8-15-7-2-3-10-17(15)16/h2-3,6-11,14H,1,4-5,12-13H2/b14-11+. The zero-order valence-corrected chi connectivity index (χ0v) is 10.7. The second kappa shape index (κ2) is 5.26. The van der Waals surface area contributed by atoms with E-state index in [0.717, 1.165) is 0 Å². The van der Waals surface area contributed by atoms with Crippen LogP contribution in [-0.4, -0.2) is 18.0 Å². The van der Waals surface area contributed by atoms with E-state index in [4.69, 9.17) is 0 Å². The highest BCUT2D eigenvalue weighted by atomic mass is 15.1. The molecule has 92 valence electrons. The minimum atomic E-state index is 1.21. The molecule has 0 radical (unpaired) electrons. The van der Waals surface area contributed by atoms with Crippen molar-refractivity contribution in [2.75, 3.05) is 13.1 Å². The normalized spacial score (nSPS) is 16.6. The maximum Gasteiger partial charge on any atom is 0.0172 e. The van der Waals surface area contributed by atoms with Crippen LogP contribution in [0.15, 0.2) is 48.7 Å². The highest BCUT2D eigenvalue weighted by Gasteiger charge is 2.05. The van der Waals surface area contributed by atoms with Gasteiger partial charge in [-0.15, -0.1) is 0 Å². The summed E-state index contributed by atoms with van der Waals surface area (Å²) in [6, 6.07) is 15.1. The summed E-state index contributed by atoms with van der Waals surface area (Å²) in [6.45, 7) is 2.42. The topological polar surface area (TPSA) is 3.24 Å². The van der Waals surface area contributed by atoms with Gasteiger partial charge >= 0.3 is 0 Å². The maximum absolute atomic E-state index is 2.44. The van der Waals surface area contributed by atoms with Crippen LogP contribution in [0.1, 0.15) is 24.8 Å². The average Bonchev–Trinajstić information content (AvgIpc) is 2.46. The highest BCUT2D eigenvalue weighted by molar-refractivity contribution is 5.90. The van der Waals surface area contributed by atoms with Crippen molar-refractivity contribution in [3.63, 3.8) is 0 Å². The van der Waals surface area contributed by atoms with Crippen molar-refractivity contribution in [3.8, 4) is 0 Å². The van der Waals surface area contributed by atoms with Gasteiger partial charge in [0.2, 0.25) is 0 Å². The van der Waals surface area contributed by atoms with Gasteiger partial charge in [-0.3, -0.25) is 0 Å². The molecule has 0 aliphatic carbocycles. The summed E-state index contributed by atoms with van der Waals surface area (Å²) in [4.78, 5) is 2.44. The molecular formula is C17H19N. The lowest BCUT2D eigenvalue weighted by atomic mass is 10.0. The largest absolute Gasteiger partial charge is 0.377 e. The van der Waals surface area contributed by atoms with Gasteiger partial charge in [0.05, 0.1) is 0 Å². The van der Waals surface area contributed by atoms with Crippen LogP contribution < -0.4 is 0 Å². The van der Waals surface area contributed by atoms with Crippen LogP contribution in [0, 0.1) is 0 Å². The summed E-state index contributed by atoms with van der Waals surface area (Å²) in [5.74, 6) is 0. The Morgan fingerprint density at radius 2 is 1.61 bits per heavy atom. The molecule has 1 fully saturated rings. The maximum atomic E-state index is 2.44. The summed E-state index contributed by atoms with van der Waals surface area (Å²) in [5, 5.41) is 2.66. The summed E-state index contributed by atoms with van der Waals surface area (Å²) in [6.07, 6.45) is 8.58. The summed E-state index contributed by atoms with van der Waals surface area (Å²) in [7, 11) is 0. The molecule has 1 aliphatic heterocycles. The van der Waals surface area contributed by atoms with E-state index in [-0.39, 0.29) is 0 Å². The second-order valence-electron chi connectivity index (χ2n) is 4.98. The second-order valence-corrected chi connectivity index (χ2v) is 4.98. The van der Waals surface area contributed by atoms with Crippen molar-refractivity contribution in [3.05, 3.63) is 54.2 Å². The van der Waals surface area contributed by atoms with E-state index >= 15 is 0 Å². The Morgan fingerprint density at radius 3 is 2.50 bits per heavy atom. The van der Waals surface area contributed by atoms with Crippen LogP contribution in [-0.2, 0) is 0 Å². The van der Waals surface area contributed by atoms with E-state index in [2.05, 4.69) is 59.6 Å². The zero-order valence-electron chi connectivity index (χ0n) is 10.7. The van der Waals surface area contributed by atoms with Crippen LogP contribution in [0.4, 0.5) is 0 Å². The quantitative estimate of drug-likeness (QED) is 0.753. The molecule has 2 aromatic rings. The molecule has 1 aliphatic rings. The van der Waals surface area contributed by atoms with E-state index in [9.17, 15) is 0 Å². The van der Waals surface area contributed by atoms with Gasteiger partial charge in [-0.25, -0.2) is 0 Å². The van der Waals surface area contributed by atoms with E-state index in [0.29, 0.717) is 0 Å². The van der Waals surface area contributed by atoms with Gasteiger partial charge in [0.15, 0.2) is 0 Å². The smallest absolute Gasteiger partial charge is 0.0172 e. The Balaban J connectivity index is 1.87. The number of rotatable bonds is 2. The van der Waals surface area contributed by atoms with Crippen molar-refractivity contribution in [2.24, 2.45) is 0 Å². The van der Waals surface area contributed by atoms with Gasteiger partial charge in [-0.1, -0.05) is 42.5 Å². The Bertz CT molecular complexity index is 545. The summed E-state index contributed by atoms with van der Waals surface area (Å²) in [5.41, 5.74) is 1.32. The molecule has 0 aromatic heterocycles. The average molecular weight is 237 g/mol. The first-order chi connectivity index (χ1) is 8.93. The number of fused-ring (bicyclic) bond motifs is 1. The van der Waals surface area contributed by atoms with Crippen LogP contribution in [0.5, 0.6) is 0 Å². The minimum absolute atomic E-state index is 1.21. The third-order valence-electron chi connectivity index (χ3n) is 3.68. The SMILES string of the molecule is C(=C\N1CCCCC1)/c1cccc2ccccc12. The number of piperidine rings is 1. The first-order valence-electron chi connectivity index (χ1n) is 6.83. The molecule has 0 amide bonds. The number of likely N-dealkylation sites (tertiary alicyclic amines) is 1. The van der Waals surface area contributed by atoms with Crippen molar-refractivity contribution in [1.29, 1.82) is 0 Å². The predicted octanol–water partition coefficient (Wildman–Crippen LogP) is 4.30. The molecule has 18 heavy (non-hydrogen) atoms. The number of hydrogen-bond donors (Lipinski definition) is 0. The molecule has 0 spiro atoms. The molecule has 0 unspecified atom stereocenters. The lowest BCUT2D eigenvalue weighted by Crippen LogP contribution is -2.23. The Hall–Kier alpha value is -1.76. The van der Waals surface area contributed by atoms with Gasteiger partial charge in [0.1, 0.15) is 0 Å². The lowest BCUT2D eigenvalue weighted by Gasteiger charge is -2.24. The van der Waals surface area contributed by atoms with Crippen molar-refractivity contribution >= 4 is 16.8 Å². The molecule has 1 nitrogen and oxygen atoms in total. The van der Waals surface area contributed by atoms with E-state index in [1.807, 2.05) is 0 Å². The van der Waals surface area contributed by atoms with Gasteiger partial charge in [0, 0.05) is 13.1 Å². The molecule has 0 saturated carbocycles. The van der Waals surface area contributed by atoms with Crippen molar-refractivity contribution in [1.82, 2.24) is 4.90 Å². The number of hydrogen-bond acceptors (Lipinski definition) is 1. The van der Waals surface area contributed by atoms with Crippen LogP contribution in [0.3, 0.4) is 0 Å². The number of nitrogens with zero attached hydrogens (tertiary/aromatic N) is 1. The molecule has 2 aromatic carbocycles. The van der Waals surface area contributed by atoms with Crippen molar-refractivity contribution < 1.29 is 0 Å². The van der Waals surface area contributed by atoms with E-state index in [1.165, 1.54) is 48.7 Å². The molecular weight excluding hydrogens is 218 g/mol. The zero-order chi connectivity index (χ0) is 12.2. The molecule has 1 heterocycles. The summed E-state index contributed by atoms with van der Waals surface area (Å²) >= 11 is 0. The number of benzene rings is 2. The summed E-state index contributed by atoms with van der Waals surface area (Å²) < 4.78 is 0. The first kappa shape index (κ1) is 11.3. The molecule has 0 atom stereocenters. The van der Waals surface area contributed by atoms with Gasteiger partial charge in [-0.05, 0) is 47.9 Å². The van der Waals surface area contributed by atoms with E-state index < -0.39 is 0 Å².